The molecule has 1 saturated carbocycles. The molecule has 4 rings (SSSR count). The molecule has 1 unspecified atom stereocenters. The lowest BCUT2D eigenvalue weighted by Crippen LogP contribution is -2.37. The van der Waals surface area contributed by atoms with Gasteiger partial charge in [0, 0.05) is 37.8 Å². The van der Waals surface area contributed by atoms with Gasteiger partial charge < -0.3 is 15.0 Å². The van der Waals surface area contributed by atoms with Crippen LogP contribution in [-0.2, 0) is 16.1 Å². The van der Waals surface area contributed by atoms with Crippen LogP contribution in [0.2, 0.25) is 0 Å². The summed E-state index contributed by atoms with van der Waals surface area (Å²) in [4.78, 5) is 31.3. The second-order valence-electron chi connectivity index (χ2n) is 7.33. The number of carbonyl (C=O) groups is 1. The van der Waals surface area contributed by atoms with E-state index in [1.165, 1.54) is 10.7 Å². The van der Waals surface area contributed by atoms with Gasteiger partial charge in [-0.2, -0.15) is 5.10 Å². The molecular weight excluding hydrogens is 358 g/mol. The molecule has 1 saturated heterocycles. The number of nitrogens with one attached hydrogen (secondary N) is 1. The predicted octanol–water partition coefficient (Wildman–Crippen LogP) is 1.23. The summed E-state index contributed by atoms with van der Waals surface area (Å²) in [7, 11) is 0. The molecule has 1 amide bonds. The fourth-order valence-electron chi connectivity index (χ4n) is 3.26. The number of aromatic nitrogens is 3. The van der Waals surface area contributed by atoms with E-state index < -0.39 is 6.04 Å². The Bertz CT molecular complexity index is 885. The van der Waals surface area contributed by atoms with Gasteiger partial charge in [0.25, 0.3) is 5.56 Å². The van der Waals surface area contributed by atoms with Gasteiger partial charge in [0.1, 0.15) is 11.9 Å². The highest BCUT2D eigenvalue weighted by Gasteiger charge is 2.27. The highest BCUT2D eigenvalue weighted by molar-refractivity contribution is 5.79. The minimum atomic E-state index is -0.660. The van der Waals surface area contributed by atoms with Crippen molar-refractivity contribution >= 4 is 11.7 Å². The lowest BCUT2D eigenvalue weighted by atomic mass is 10.2. The van der Waals surface area contributed by atoms with Crippen molar-refractivity contribution in [3.63, 3.8) is 0 Å². The third kappa shape index (κ3) is 4.22. The summed E-state index contributed by atoms with van der Waals surface area (Å²) < 4.78 is 6.64. The van der Waals surface area contributed by atoms with Crippen molar-refractivity contribution in [1.29, 1.82) is 0 Å². The largest absolute Gasteiger partial charge is 0.378 e. The summed E-state index contributed by atoms with van der Waals surface area (Å²) in [6, 6.07) is 6.52. The molecule has 2 fully saturated rings. The zero-order valence-corrected chi connectivity index (χ0v) is 16.0. The van der Waals surface area contributed by atoms with Crippen molar-refractivity contribution in [3.8, 4) is 0 Å². The summed E-state index contributed by atoms with van der Waals surface area (Å²) in [5.41, 5.74) is 1.54. The number of pyridine rings is 1. The van der Waals surface area contributed by atoms with E-state index >= 15 is 0 Å². The van der Waals surface area contributed by atoms with E-state index in [1.807, 2.05) is 12.1 Å². The maximum Gasteiger partial charge on any atom is 0.267 e. The van der Waals surface area contributed by atoms with Crippen LogP contribution >= 0.6 is 0 Å². The molecule has 28 heavy (non-hydrogen) atoms. The molecule has 0 radical (unpaired) electrons. The average Bonchev–Trinajstić information content (AvgIpc) is 3.58. The number of anilines is 1. The summed E-state index contributed by atoms with van der Waals surface area (Å²) in [5.74, 6) is 1.11. The minimum Gasteiger partial charge on any atom is -0.378 e. The minimum absolute atomic E-state index is 0.236. The van der Waals surface area contributed by atoms with Gasteiger partial charge in [0.05, 0.1) is 18.9 Å². The third-order valence-corrected chi connectivity index (χ3v) is 5.20. The standard InChI is InChI=1S/C20H25N5O3/c1-14(25-19(26)7-5-17(23-25)16-3-4-16)20(27)22-13-15-2-6-18(21-12-15)24-8-10-28-11-9-24/h2,5-7,12,14,16H,3-4,8-11,13H2,1H3,(H,22,27). The summed E-state index contributed by atoms with van der Waals surface area (Å²) >= 11 is 0. The molecular formula is C20H25N5O3. The highest BCUT2D eigenvalue weighted by atomic mass is 16.5. The zero-order chi connectivity index (χ0) is 19.5. The highest BCUT2D eigenvalue weighted by Crippen LogP contribution is 2.38. The fraction of sp³-hybridized carbons (Fsp3) is 0.500. The van der Waals surface area contributed by atoms with Crippen LogP contribution in [0.4, 0.5) is 5.82 Å². The van der Waals surface area contributed by atoms with Crippen molar-refractivity contribution in [3.05, 3.63) is 52.1 Å². The van der Waals surface area contributed by atoms with Crippen molar-refractivity contribution in [2.24, 2.45) is 0 Å². The Morgan fingerprint density at radius 2 is 2.04 bits per heavy atom. The van der Waals surface area contributed by atoms with E-state index in [0.717, 1.165) is 43.0 Å². The van der Waals surface area contributed by atoms with E-state index in [0.29, 0.717) is 25.7 Å². The first-order valence-corrected chi connectivity index (χ1v) is 9.77. The first kappa shape index (κ1) is 18.6. The maximum absolute atomic E-state index is 12.5. The number of nitrogens with zero attached hydrogens (tertiary/aromatic N) is 4. The maximum atomic E-state index is 12.5. The second-order valence-corrected chi connectivity index (χ2v) is 7.33. The van der Waals surface area contributed by atoms with Gasteiger partial charge in [-0.1, -0.05) is 6.07 Å². The fourth-order valence-corrected chi connectivity index (χ4v) is 3.26. The number of morpholine rings is 1. The molecule has 3 heterocycles. The Morgan fingerprint density at radius 1 is 1.25 bits per heavy atom. The van der Waals surface area contributed by atoms with Gasteiger partial charge in [-0.25, -0.2) is 9.67 Å². The number of carbonyl (C=O) groups excluding carboxylic acids is 1. The molecule has 2 aromatic heterocycles. The van der Waals surface area contributed by atoms with Crippen LogP contribution in [0.5, 0.6) is 0 Å². The number of amides is 1. The molecule has 0 bridgehead atoms. The van der Waals surface area contributed by atoms with Crippen LogP contribution in [0.15, 0.2) is 35.3 Å². The SMILES string of the molecule is CC(C(=O)NCc1ccc(N2CCOCC2)nc1)n1nc(C2CC2)ccc1=O. The van der Waals surface area contributed by atoms with Gasteiger partial charge in [-0.05, 0) is 37.5 Å². The lowest BCUT2D eigenvalue weighted by Gasteiger charge is -2.27. The van der Waals surface area contributed by atoms with Crippen LogP contribution in [0.25, 0.3) is 0 Å². The van der Waals surface area contributed by atoms with Gasteiger partial charge in [-0.3, -0.25) is 9.59 Å². The van der Waals surface area contributed by atoms with Crippen molar-refractivity contribution < 1.29 is 9.53 Å². The average molecular weight is 383 g/mol. The lowest BCUT2D eigenvalue weighted by molar-refractivity contribution is -0.124. The molecule has 1 N–H and O–H groups in total. The molecule has 2 aliphatic rings. The molecule has 0 spiro atoms. The number of ether oxygens (including phenoxy) is 1. The van der Waals surface area contributed by atoms with Gasteiger partial charge in [-0.15, -0.1) is 0 Å². The number of hydrogen-bond donors (Lipinski definition) is 1. The Morgan fingerprint density at radius 3 is 2.71 bits per heavy atom. The van der Waals surface area contributed by atoms with Crippen LogP contribution in [0.3, 0.4) is 0 Å². The second kappa shape index (κ2) is 8.10. The monoisotopic (exact) mass is 383 g/mol. The molecule has 2 aromatic rings. The van der Waals surface area contributed by atoms with Gasteiger partial charge >= 0.3 is 0 Å². The Kier molecular flexibility index (Phi) is 5.38. The summed E-state index contributed by atoms with van der Waals surface area (Å²) in [6.07, 6.45) is 3.96. The third-order valence-electron chi connectivity index (χ3n) is 5.20. The van der Waals surface area contributed by atoms with E-state index in [2.05, 4.69) is 20.3 Å². The van der Waals surface area contributed by atoms with E-state index in [-0.39, 0.29) is 11.5 Å². The Balaban J connectivity index is 1.36. The molecule has 8 heteroatoms. The Hall–Kier alpha value is -2.74. The molecule has 8 nitrogen and oxygen atoms in total. The molecule has 1 aliphatic heterocycles. The molecule has 148 valence electrons. The van der Waals surface area contributed by atoms with E-state index in [4.69, 9.17) is 4.74 Å². The van der Waals surface area contributed by atoms with Gasteiger partial charge in [0.2, 0.25) is 5.91 Å². The Labute approximate surface area is 163 Å². The van der Waals surface area contributed by atoms with E-state index in [9.17, 15) is 9.59 Å². The first-order valence-electron chi connectivity index (χ1n) is 9.77. The van der Waals surface area contributed by atoms with Crippen molar-refractivity contribution in [2.45, 2.75) is 38.3 Å². The van der Waals surface area contributed by atoms with Crippen LogP contribution in [0.1, 0.15) is 43.0 Å². The first-order chi connectivity index (χ1) is 13.6. The van der Waals surface area contributed by atoms with Crippen LogP contribution in [0, 0.1) is 0 Å². The quantitative estimate of drug-likeness (QED) is 0.807. The zero-order valence-electron chi connectivity index (χ0n) is 16.0. The molecule has 0 aromatic carbocycles. The molecule has 1 aliphatic carbocycles. The van der Waals surface area contributed by atoms with Crippen LogP contribution < -0.4 is 15.8 Å². The smallest absolute Gasteiger partial charge is 0.267 e. The van der Waals surface area contributed by atoms with Crippen LogP contribution in [-0.4, -0.2) is 47.0 Å². The summed E-state index contributed by atoms with van der Waals surface area (Å²) in [6.45, 7) is 5.15. The molecule has 1 atom stereocenters. The normalized spacial score (nSPS) is 18.0. The number of hydrogen-bond acceptors (Lipinski definition) is 6. The van der Waals surface area contributed by atoms with Crippen molar-refractivity contribution in [1.82, 2.24) is 20.1 Å². The van der Waals surface area contributed by atoms with Crippen molar-refractivity contribution in [2.75, 3.05) is 31.2 Å². The predicted molar refractivity (Wildman–Crippen MR) is 104 cm³/mol. The topological polar surface area (TPSA) is 89.3 Å². The summed E-state index contributed by atoms with van der Waals surface area (Å²) in [5, 5.41) is 7.26. The van der Waals surface area contributed by atoms with Gasteiger partial charge in [0.15, 0.2) is 0 Å². The van der Waals surface area contributed by atoms with E-state index in [1.54, 1.807) is 19.2 Å². The number of rotatable bonds is 6.